The minimum atomic E-state index is -1.07. The van der Waals surface area contributed by atoms with E-state index in [1.807, 2.05) is 6.92 Å². The van der Waals surface area contributed by atoms with Gasteiger partial charge in [0, 0.05) is 12.1 Å². The van der Waals surface area contributed by atoms with Crippen LogP contribution in [0.15, 0.2) is 48.5 Å². The predicted octanol–water partition coefficient (Wildman–Crippen LogP) is 5.94. The van der Waals surface area contributed by atoms with Crippen LogP contribution in [0.2, 0.25) is 10.0 Å². The van der Waals surface area contributed by atoms with E-state index < -0.39 is 40.9 Å². The van der Waals surface area contributed by atoms with Crippen molar-refractivity contribution in [3.05, 3.63) is 81.3 Å². The maximum Gasteiger partial charge on any atom is 0.265 e. The largest absolute Gasteiger partial charge is 0.506 e. The summed E-state index contributed by atoms with van der Waals surface area (Å²) in [6, 6.07) is 9.87. The Morgan fingerprint density at radius 2 is 1.70 bits per heavy atom. The summed E-state index contributed by atoms with van der Waals surface area (Å²) >= 11 is 12.3. The highest BCUT2D eigenvalue weighted by molar-refractivity contribution is 6.34. The summed E-state index contributed by atoms with van der Waals surface area (Å²) in [6.07, 6.45) is -0.954. The zero-order chi connectivity index (χ0) is 24.3. The Hall–Kier alpha value is -3.36. The van der Waals surface area contributed by atoms with Gasteiger partial charge in [0.1, 0.15) is 23.1 Å². The normalized spacial score (nSPS) is 11.6. The molecule has 10 heteroatoms. The Morgan fingerprint density at radius 1 is 0.970 bits per heavy atom. The van der Waals surface area contributed by atoms with Crippen molar-refractivity contribution in [2.45, 2.75) is 20.0 Å². The van der Waals surface area contributed by atoms with E-state index in [4.69, 9.17) is 27.9 Å². The molecule has 0 saturated carbocycles. The molecule has 0 heterocycles. The molecule has 2 amide bonds. The second-order valence-corrected chi connectivity index (χ2v) is 7.93. The van der Waals surface area contributed by atoms with Crippen LogP contribution < -0.4 is 15.4 Å². The van der Waals surface area contributed by atoms with E-state index in [1.54, 1.807) is 18.2 Å². The van der Waals surface area contributed by atoms with Crippen molar-refractivity contribution in [1.29, 1.82) is 0 Å². The van der Waals surface area contributed by atoms with Crippen LogP contribution in [0.1, 0.15) is 22.8 Å². The van der Waals surface area contributed by atoms with Crippen LogP contribution >= 0.6 is 23.2 Å². The molecule has 172 valence electrons. The third-order valence-electron chi connectivity index (χ3n) is 4.53. The number of carbonyl (C=O) groups excluding carboxylic acids is 2. The van der Waals surface area contributed by atoms with Gasteiger partial charge in [-0.1, -0.05) is 29.3 Å². The lowest BCUT2D eigenvalue weighted by Crippen LogP contribution is -2.30. The second kappa shape index (κ2) is 10.1. The van der Waals surface area contributed by atoms with Crippen molar-refractivity contribution >= 4 is 46.4 Å². The van der Waals surface area contributed by atoms with Crippen molar-refractivity contribution in [3.8, 4) is 11.5 Å². The molecule has 0 fully saturated rings. The highest BCUT2D eigenvalue weighted by atomic mass is 35.5. The lowest BCUT2D eigenvalue weighted by atomic mass is 10.1. The van der Waals surface area contributed by atoms with E-state index >= 15 is 0 Å². The van der Waals surface area contributed by atoms with Gasteiger partial charge in [-0.3, -0.25) is 9.59 Å². The molecule has 33 heavy (non-hydrogen) atoms. The molecule has 0 aliphatic carbocycles. The van der Waals surface area contributed by atoms with E-state index in [1.165, 1.54) is 13.0 Å². The molecule has 6 nitrogen and oxygen atoms in total. The first-order valence-electron chi connectivity index (χ1n) is 9.57. The van der Waals surface area contributed by atoms with Gasteiger partial charge in [0.25, 0.3) is 11.8 Å². The van der Waals surface area contributed by atoms with Crippen molar-refractivity contribution in [3.63, 3.8) is 0 Å². The minimum absolute atomic E-state index is 0.0170. The Morgan fingerprint density at radius 3 is 2.36 bits per heavy atom. The molecular weight excluding hydrogens is 477 g/mol. The maximum atomic E-state index is 13.8. The molecule has 0 aliphatic heterocycles. The van der Waals surface area contributed by atoms with Crippen molar-refractivity contribution in [2.75, 3.05) is 10.6 Å². The minimum Gasteiger partial charge on any atom is -0.506 e. The third-order valence-corrected chi connectivity index (χ3v) is 5.14. The zero-order valence-corrected chi connectivity index (χ0v) is 18.9. The molecule has 0 aliphatic rings. The standard InChI is InChI=1S/C23H18Cl2F2N2O4/c1-11-3-6-21(16(25)7-11)33-12(2)22(31)28-18-10-20(30)19(9-15(18)24)29-23(32)14-5-4-13(26)8-17(14)27/h3-10,12,30H,1-2H3,(H,28,31)(H,29,32). The van der Waals surface area contributed by atoms with E-state index in [0.717, 1.165) is 23.8 Å². The summed E-state index contributed by atoms with van der Waals surface area (Å²) in [4.78, 5) is 24.8. The molecule has 0 aromatic heterocycles. The molecular formula is C23H18Cl2F2N2O4. The van der Waals surface area contributed by atoms with E-state index in [2.05, 4.69) is 10.6 Å². The number of phenolic OH excluding ortho intramolecular Hbond substituents is 1. The number of ether oxygens (including phenoxy) is 1. The summed E-state index contributed by atoms with van der Waals surface area (Å²) in [5.41, 5.74) is 0.421. The molecule has 0 spiro atoms. The average molecular weight is 495 g/mol. The van der Waals surface area contributed by atoms with Crippen LogP contribution in [0.3, 0.4) is 0 Å². The average Bonchev–Trinajstić information content (AvgIpc) is 2.73. The number of phenols is 1. The van der Waals surface area contributed by atoms with Gasteiger partial charge in [-0.2, -0.15) is 0 Å². The fourth-order valence-corrected chi connectivity index (χ4v) is 3.29. The first-order chi connectivity index (χ1) is 15.5. The first kappa shape index (κ1) is 24.3. The van der Waals surface area contributed by atoms with Crippen LogP contribution in [-0.4, -0.2) is 23.0 Å². The number of aromatic hydroxyl groups is 1. The van der Waals surface area contributed by atoms with Gasteiger partial charge in [-0.05, 0) is 49.7 Å². The van der Waals surface area contributed by atoms with Gasteiger partial charge < -0.3 is 20.5 Å². The molecule has 1 unspecified atom stereocenters. The Balaban J connectivity index is 1.71. The molecule has 0 bridgehead atoms. The van der Waals surface area contributed by atoms with Gasteiger partial charge in [-0.25, -0.2) is 8.78 Å². The summed E-state index contributed by atoms with van der Waals surface area (Å²) in [5, 5.41) is 15.4. The van der Waals surface area contributed by atoms with Gasteiger partial charge in [0.2, 0.25) is 0 Å². The fourth-order valence-electron chi connectivity index (χ4n) is 2.80. The number of carbonyl (C=O) groups is 2. The number of amides is 2. The Labute approximate surface area is 198 Å². The number of halogens is 4. The van der Waals surface area contributed by atoms with Crippen molar-refractivity contribution < 1.29 is 28.2 Å². The van der Waals surface area contributed by atoms with E-state index in [-0.39, 0.29) is 16.4 Å². The maximum absolute atomic E-state index is 13.8. The van der Waals surface area contributed by atoms with Gasteiger partial charge in [-0.15, -0.1) is 0 Å². The van der Waals surface area contributed by atoms with Gasteiger partial charge >= 0.3 is 0 Å². The molecule has 3 N–H and O–H groups in total. The number of rotatable bonds is 6. The summed E-state index contributed by atoms with van der Waals surface area (Å²) in [7, 11) is 0. The van der Waals surface area contributed by atoms with Crippen LogP contribution in [0, 0.1) is 18.6 Å². The zero-order valence-electron chi connectivity index (χ0n) is 17.4. The molecule has 3 aromatic carbocycles. The number of hydrogen-bond donors (Lipinski definition) is 3. The van der Waals surface area contributed by atoms with Gasteiger partial charge in [0.15, 0.2) is 6.10 Å². The van der Waals surface area contributed by atoms with Crippen LogP contribution in [0.5, 0.6) is 11.5 Å². The Bertz CT molecular complexity index is 1240. The molecule has 0 saturated heterocycles. The molecule has 3 rings (SSSR count). The third kappa shape index (κ3) is 5.91. The smallest absolute Gasteiger partial charge is 0.265 e. The quantitative estimate of drug-likeness (QED) is 0.369. The summed E-state index contributed by atoms with van der Waals surface area (Å²) < 4.78 is 32.4. The molecule has 1 atom stereocenters. The number of benzene rings is 3. The lowest BCUT2D eigenvalue weighted by Gasteiger charge is -2.17. The lowest BCUT2D eigenvalue weighted by molar-refractivity contribution is -0.122. The second-order valence-electron chi connectivity index (χ2n) is 7.11. The van der Waals surface area contributed by atoms with Crippen LogP contribution in [-0.2, 0) is 4.79 Å². The summed E-state index contributed by atoms with van der Waals surface area (Å²) in [6.45, 7) is 3.37. The first-order valence-corrected chi connectivity index (χ1v) is 10.3. The fraction of sp³-hybridized carbons (Fsp3) is 0.130. The molecule has 3 aromatic rings. The van der Waals surface area contributed by atoms with Crippen LogP contribution in [0.25, 0.3) is 0 Å². The van der Waals surface area contributed by atoms with Gasteiger partial charge in [0.05, 0.1) is 27.0 Å². The van der Waals surface area contributed by atoms with Crippen molar-refractivity contribution in [2.24, 2.45) is 0 Å². The number of anilines is 2. The Kier molecular flexibility index (Phi) is 7.40. The molecule has 0 radical (unpaired) electrons. The van der Waals surface area contributed by atoms with Crippen molar-refractivity contribution in [1.82, 2.24) is 0 Å². The SMILES string of the molecule is Cc1ccc(OC(C)C(=O)Nc2cc(O)c(NC(=O)c3ccc(F)cc3F)cc2Cl)c(Cl)c1. The topological polar surface area (TPSA) is 87.7 Å². The number of hydrogen-bond acceptors (Lipinski definition) is 4. The van der Waals surface area contributed by atoms with E-state index in [0.29, 0.717) is 16.8 Å². The van der Waals surface area contributed by atoms with E-state index in [9.17, 15) is 23.5 Å². The monoisotopic (exact) mass is 494 g/mol. The highest BCUT2D eigenvalue weighted by Crippen LogP contribution is 2.34. The highest BCUT2D eigenvalue weighted by Gasteiger charge is 2.20. The predicted molar refractivity (Wildman–Crippen MR) is 122 cm³/mol. The summed E-state index contributed by atoms with van der Waals surface area (Å²) in [5.74, 6) is -3.51. The number of nitrogens with one attached hydrogen (secondary N) is 2. The number of aryl methyl sites for hydroxylation is 1. The van der Waals surface area contributed by atoms with Crippen LogP contribution in [0.4, 0.5) is 20.2 Å².